The number of rotatable bonds is 4. The van der Waals surface area contributed by atoms with E-state index in [2.05, 4.69) is 39.8 Å². The van der Waals surface area contributed by atoms with Crippen molar-refractivity contribution in [2.45, 2.75) is 33.8 Å². The molecule has 0 heterocycles. The van der Waals surface area contributed by atoms with Gasteiger partial charge in [-0.15, -0.1) is 0 Å². The van der Waals surface area contributed by atoms with Gasteiger partial charge in [0.2, 0.25) is 0 Å². The molecule has 0 aliphatic carbocycles. The molecule has 0 saturated carbocycles. The van der Waals surface area contributed by atoms with Crippen molar-refractivity contribution < 1.29 is 9.47 Å². The second kappa shape index (κ2) is 5.35. The van der Waals surface area contributed by atoms with E-state index in [-0.39, 0.29) is 6.10 Å². The third-order valence-corrected chi connectivity index (χ3v) is 2.95. The van der Waals surface area contributed by atoms with Crippen LogP contribution in [0.5, 0.6) is 5.75 Å². The molecule has 1 aromatic rings. The fourth-order valence-electron chi connectivity index (χ4n) is 2.10. The lowest BCUT2D eigenvalue weighted by atomic mass is 9.93. The average Bonchev–Trinajstić information content (AvgIpc) is 2.23. The fraction of sp³-hybridized carbons (Fsp3) is 0.571. The Bertz CT molecular complexity index is 356. The summed E-state index contributed by atoms with van der Waals surface area (Å²) in [7, 11) is 3.47. The quantitative estimate of drug-likeness (QED) is 0.774. The molecule has 0 fully saturated rings. The van der Waals surface area contributed by atoms with Crippen LogP contribution in [0.1, 0.15) is 36.6 Å². The highest BCUT2D eigenvalue weighted by Crippen LogP contribution is 2.31. The Morgan fingerprint density at radius 2 is 1.62 bits per heavy atom. The van der Waals surface area contributed by atoms with E-state index >= 15 is 0 Å². The van der Waals surface area contributed by atoms with Crippen molar-refractivity contribution in [3.05, 3.63) is 28.8 Å². The lowest BCUT2D eigenvalue weighted by Gasteiger charge is -2.22. The maximum atomic E-state index is 5.57. The van der Waals surface area contributed by atoms with Gasteiger partial charge in [-0.25, -0.2) is 0 Å². The van der Waals surface area contributed by atoms with Crippen LogP contribution in [0, 0.1) is 19.8 Å². The molecule has 0 amide bonds. The van der Waals surface area contributed by atoms with Gasteiger partial charge in [-0.05, 0) is 48.6 Å². The zero-order valence-electron chi connectivity index (χ0n) is 11.1. The molecular weight excluding hydrogens is 200 g/mol. The van der Waals surface area contributed by atoms with E-state index in [4.69, 9.17) is 9.47 Å². The molecule has 2 heteroatoms. The monoisotopic (exact) mass is 222 g/mol. The second-order valence-electron chi connectivity index (χ2n) is 4.58. The Kier molecular flexibility index (Phi) is 4.36. The van der Waals surface area contributed by atoms with Crippen molar-refractivity contribution in [3.63, 3.8) is 0 Å². The van der Waals surface area contributed by atoms with E-state index < -0.39 is 0 Å². The van der Waals surface area contributed by atoms with Gasteiger partial charge in [0.15, 0.2) is 0 Å². The Morgan fingerprint density at radius 1 is 1.00 bits per heavy atom. The minimum atomic E-state index is 0.157. The van der Waals surface area contributed by atoms with Crippen molar-refractivity contribution in [1.29, 1.82) is 0 Å². The van der Waals surface area contributed by atoms with E-state index in [0.717, 1.165) is 11.3 Å². The van der Waals surface area contributed by atoms with E-state index in [1.165, 1.54) is 11.1 Å². The van der Waals surface area contributed by atoms with Crippen molar-refractivity contribution in [2.75, 3.05) is 14.2 Å². The maximum absolute atomic E-state index is 5.57. The van der Waals surface area contributed by atoms with Crippen LogP contribution in [0.25, 0.3) is 0 Å². The minimum absolute atomic E-state index is 0.157. The summed E-state index contributed by atoms with van der Waals surface area (Å²) in [5, 5.41) is 0. The van der Waals surface area contributed by atoms with Crippen molar-refractivity contribution >= 4 is 0 Å². The smallest absolute Gasteiger partial charge is 0.122 e. The summed E-state index contributed by atoms with van der Waals surface area (Å²) in [5.41, 5.74) is 3.64. The van der Waals surface area contributed by atoms with Crippen LogP contribution < -0.4 is 4.74 Å². The summed E-state index contributed by atoms with van der Waals surface area (Å²) in [6.07, 6.45) is 0.157. The van der Waals surface area contributed by atoms with Crippen LogP contribution in [-0.2, 0) is 4.74 Å². The van der Waals surface area contributed by atoms with Gasteiger partial charge >= 0.3 is 0 Å². The fourth-order valence-corrected chi connectivity index (χ4v) is 2.10. The highest BCUT2D eigenvalue weighted by molar-refractivity contribution is 5.42. The van der Waals surface area contributed by atoms with E-state index in [0.29, 0.717) is 5.92 Å². The summed E-state index contributed by atoms with van der Waals surface area (Å²) in [6, 6.07) is 4.25. The molecule has 90 valence electrons. The van der Waals surface area contributed by atoms with Crippen molar-refractivity contribution in [1.82, 2.24) is 0 Å². The molecule has 1 rings (SSSR count). The second-order valence-corrected chi connectivity index (χ2v) is 4.58. The maximum Gasteiger partial charge on any atom is 0.122 e. The summed E-state index contributed by atoms with van der Waals surface area (Å²) in [5.74, 6) is 1.41. The first-order valence-electron chi connectivity index (χ1n) is 5.69. The average molecular weight is 222 g/mol. The molecule has 0 aliphatic rings. The van der Waals surface area contributed by atoms with Crippen LogP contribution in [0.3, 0.4) is 0 Å². The Balaban J connectivity index is 3.18. The molecule has 0 saturated heterocycles. The zero-order chi connectivity index (χ0) is 12.3. The Hall–Kier alpha value is -1.02. The molecular formula is C14H22O2. The number of benzene rings is 1. The normalized spacial score (nSPS) is 12.9. The van der Waals surface area contributed by atoms with E-state index in [1.54, 1.807) is 14.2 Å². The van der Waals surface area contributed by atoms with Crippen molar-refractivity contribution in [2.24, 2.45) is 5.92 Å². The predicted molar refractivity (Wildman–Crippen MR) is 67.1 cm³/mol. The van der Waals surface area contributed by atoms with Crippen LogP contribution in [0.4, 0.5) is 0 Å². The molecule has 0 spiro atoms. The topological polar surface area (TPSA) is 18.5 Å². The molecule has 0 aromatic heterocycles. The van der Waals surface area contributed by atoms with Gasteiger partial charge in [0.05, 0.1) is 13.2 Å². The first kappa shape index (κ1) is 13.0. The third kappa shape index (κ3) is 2.56. The minimum Gasteiger partial charge on any atom is -0.496 e. The van der Waals surface area contributed by atoms with E-state index in [9.17, 15) is 0 Å². The molecule has 0 radical (unpaired) electrons. The third-order valence-electron chi connectivity index (χ3n) is 2.95. The number of aryl methyl sites for hydroxylation is 2. The van der Waals surface area contributed by atoms with Gasteiger partial charge in [-0.1, -0.05) is 13.8 Å². The number of hydrogen-bond donors (Lipinski definition) is 0. The van der Waals surface area contributed by atoms with Gasteiger partial charge in [0.1, 0.15) is 5.75 Å². The summed E-state index contributed by atoms with van der Waals surface area (Å²) in [4.78, 5) is 0. The largest absolute Gasteiger partial charge is 0.496 e. The lowest BCUT2D eigenvalue weighted by Crippen LogP contribution is -2.11. The summed E-state index contributed by atoms with van der Waals surface area (Å²) < 4.78 is 10.9. The number of hydrogen-bond acceptors (Lipinski definition) is 2. The zero-order valence-corrected chi connectivity index (χ0v) is 11.1. The van der Waals surface area contributed by atoms with Crippen molar-refractivity contribution in [3.8, 4) is 5.75 Å². The number of ether oxygens (including phenoxy) is 2. The molecule has 1 aromatic carbocycles. The molecule has 16 heavy (non-hydrogen) atoms. The summed E-state index contributed by atoms with van der Waals surface area (Å²) >= 11 is 0. The Morgan fingerprint density at radius 3 is 2.06 bits per heavy atom. The molecule has 0 aliphatic heterocycles. The number of methoxy groups -OCH3 is 2. The predicted octanol–water partition coefficient (Wildman–Crippen LogP) is 3.66. The van der Waals surface area contributed by atoms with Gasteiger partial charge in [0, 0.05) is 7.11 Å². The SMILES string of the molecule is COc1cc(C)c(C(OC)C(C)C)cc1C. The highest BCUT2D eigenvalue weighted by Gasteiger charge is 2.18. The van der Waals surface area contributed by atoms with Gasteiger partial charge in [0.25, 0.3) is 0 Å². The Labute approximate surface area is 98.6 Å². The first-order chi connectivity index (χ1) is 7.51. The molecule has 2 nitrogen and oxygen atoms in total. The van der Waals surface area contributed by atoms with E-state index in [1.807, 2.05) is 0 Å². The van der Waals surface area contributed by atoms with Crippen LogP contribution in [0.15, 0.2) is 12.1 Å². The lowest BCUT2D eigenvalue weighted by molar-refractivity contribution is 0.0640. The van der Waals surface area contributed by atoms with Crippen LogP contribution >= 0.6 is 0 Å². The molecule has 1 unspecified atom stereocenters. The molecule has 1 atom stereocenters. The van der Waals surface area contributed by atoms with Crippen LogP contribution in [-0.4, -0.2) is 14.2 Å². The van der Waals surface area contributed by atoms with Gasteiger partial charge in [-0.3, -0.25) is 0 Å². The molecule has 0 N–H and O–H groups in total. The standard InChI is InChI=1S/C14H22O2/c1-9(2)14(16-6)12-7-11(4)13(15-5)8-10(12)3/h7-9,14H,1-6H3. The first-order valence-corrected chi connectivity index (χ1v) is 5.69. The van der Waals surface area contributed by atoms with Gasteiger partial charge < -0.3 is 9.47 Å². The van der Waals surface area contributed by atoms with Crippen LogP contribution in [0.2, 0.25) is 0 Å². The molecule has 0 bridgehead atoms. The van der Waals surface area contributed by atoms with Gasteiger partial charge in [-0.2, -0.15) is 0 Å². The highest BCUT2D eigenvalue weighted by atomic mass is 16.5. The summed E-state index contributed by atoms with van der Waals surface area (Å²) in [6.45, 7) is 8.51.